The minimum absolute atomic E-state index is 0. The minimum Gasteiger partial charge on any atom is -0.647 e. The van der Waals surface area contributed by atoms with Crippen molar-refractivity contribution in [3.05, 3.63) is 43.4 Å². The molecule has 0 radical (unpaired) electrons. The summed E-state index contributed by atoms with van der Waals surface area (Å²) in [5, 5.41) is 14.9. The van der Waals surface area contributed by atoms with Crippen molar-refractivity contribution in [1.82, 2.24) is 14.7 Å². The van der Waals surface area contributed by atoms with Crippen molar-refractivity contribution in [2.24, 2.45) is 0 Å². The number of benzene rings is 1. The summed E-state index contributed by atoms with van der Waals surface area (Å²) >= 11 is 0. The second kappa shape index (κ2) is 10.3. The van der Waals surface area contributed by atoms with Crippen molar-refractivity contribution in [2.45, 2.75) is 38.7 Å². The van der Waals surface area contributed by atoms with Gasteiger partial charge in [-0.05, 0) is 32.5 Å². The van der Waals surface area contributed by atoms with E-state index in [2.05, 4.69) is 20.8 Å². The normalized spacial score (nSPS) is 21.5. The zero-order valence-electron chi connectivity index (χ0n) is 15.4. The molecular formula is C19H24FMoN3O3. The first-order valence-electron chi connectivity index (χ1n) is 8.73. The van der Waals surface area contributed by atoms with Gasteiger partial charge < -0.3 is 19.0 Å². The Morgan fingerprint density at radius 3 is 2.70 bits per heavy atom. The molecule has 0 aliphatic carbocycles. The van der Waals surface area contributed by atoms with E-state index in [-0.39, 0.29) is 40.1 Å². The Morgan fingerprint density at radius 1 is 1.33 bits per heavy atom. The molecule has 8 heteroatoms. The Labute approximate surface area is 173 Å². The second-order valence-corrected chi connectivity index (χ2v) is 6.70. The van der Waals surface area contributed by atoms with Crippen LogP contribution in [0.1, 0.15) is 13.8 Å². The molecule has 6 nitrogen and oxygen atoms in total. The average Bonchev–Trinajstić information content (AvgIpc) is 3.03. The third-order valence-electron chi connectivity index (χ3n) is 4.25. The monoisotopic (exact) mass is 459 g/mol. The second-order valence-electron chi connectivity index (χ2n) is 6.70. The fourth-order valence-corrected chi connectivity index (χ4v) is 3.31. The van der Waals surface area contributed by atoms with Gasteiger partial charge in [0.2, 0.25) is 0 Å². The zero-order chi connectivity index (χ0) is 18.5. The van der Waals surface area contributed by atoms with E-state index in [0.717, 1.165) is 24.3 Å². The summed E-state index contributed by atoms with van der Waals surface area (Å²) in [6.07, 6.45) is 1.69. The molecule has 0 saturated carbocycles. The number of aliphatic hydroxyl groups excluding tert-OH is 1. The molecule has 1 aromatic heterocycles. The minimum atomic E-state index is -0.511. The van der Waals surface area contributed by atoms with E-state index >= 15 is 0 Å². The van der Waals surface area contributed by atoms with Crippen LogP contribution in [0.5, 0.6) is 5.75 Å². The molecule has 2 aromatic rings. The van der Waals surface area contributed by atoms with Crippen molar-refractivity contribution in [3.8, 4) is 17.0 Å². The predicted octanol–water partition coefficient (Wildman–Crippen LogP) is 2.29. The summed E-state index contributed by atoms with van der Waals surface area (Å²) in [7, 11) is 0. The first kappa shape index (κ1) is 22.0. The summed E-state index contributed by atoms with van der Waals surface area (Å²) in [6, 6.07) is 9.81. The number of hydrogen-bond donors (Lipinski definition) is 1. The molecule has 3 atom stereocenters. The third-order valence-corrected chi connectivity index (χ3v) is 4.25. The van der Waals surface area contributed by atoms with E-state index < -0.39 is 6.10 Å². The van der Waals surface area contributed by atoms with Crippen molar-refractivity contribution >= 4 is 0 Å². The Hall–Kier alpha value is -1.27. The predicted molar refractivity (Wildman–Crippen MR) is 95.0 cm³/mol. The van der Waals surface area contributed by atoms with Gasteiger partial charge in [-0.3, -0.25) is 9.58 Å². The number of β-amino-alcohol motifs (C(OH)–C–C–N with tert-alkyl or cyclic N) is 1. The Balaban J connectivity index is 0.00000261. The van der Waals surface area contributed by atoms with E-state index in [0.29, 0.717) is 18.8 Å². The molecule has 0 amide bonds. The molecule has 1 saturated heterocycles. The number of hydrogen-bond acceptors (Lipinski definition) is 5. The molecule has 1 aromatic carbocycles. The molecule has 1 aliphatic heterocycles. The summed E-state index contributed by atoms with van der Waals surface area (Å²) in [5.41, 5.74) is 1.61. The molecule has 0 spiro atoms. The van der Waals surface area contributed by atoms with Gasteiger partial charge in [0, 0.05) is 31.5 Å². The fourth-order valence-electron chi connectivity index (χ4n) is 3.31. The van der Waals surface area contributed by atoms with Crippen LogP contribution >= 0.6 is 0 Å². The molecule has 27 heavy (non-hydrogen) atoms. The van der Waals surface area contributed by atoms with Crippen molar-refractivity contribution in [1.29, 1.82) is 0 Å². The first-order valence-corrected chi connectivity index (χ1v) is 8.73. The SMILES string of the molecule is CC1CN(CC(O)Cn2ccc(-c3c[c-]c(O[CH-]F)cc3)n2)CC(C)O1.[Mo+2]. The summed E-state index contributed by atoms with van der Waals surface area (Å²) < 4.78 is 24.1. The molecule has 3 unspecified atom stereocenters. The van der Waals surface area contributed by atoms with Crippen LogP contribution in [0, 0.1) is 12.9 Å². The maximum Gasteiger partial charge on any atom is 2.00 e. The van der Waals surface area contributed by atoms with Gasteiger partial charge in [-0.25, -0.2) is 0 Å². The first-order chi connectivity index (χ1) is 12.5. The standard InChI is InChI=1S/C19H24FN3O3.Mo/c1-14-9-22(10-15(2)26-14)11-17(24)12-23-8-7-19(21-23)16-3-5-18(6-4-16)25-13-20;/h3-5,7-8,13-15,17,24H,9-12H2,1-2H3;/q-2;+2. The summed E-state index contributed by atoms with van der Waals surface area (Å²) in [4.78, 5) is 2.23. The van der Waals surface area contributed by atoms with Crippen LogP contribution in [0.4, 0.5) is 4.39 Å². The van der Waals surface area contributed by atoms with E-state index in [1.807, 2.05) is 26.1 Å². The molecule has 2 heterocycles. The van der Waals surface area contributed by atoms with Crippen LogP contribution in [0.2, 0.25) is 0 Å². The smallest absolute Gasteiger partial charge is 0.647 e. The molecule has 1 fully saturated rings. The summed E-state index contributed by atoms with van der Waals surface area (Å²) in [5.74, 6) is 0.306. The molecule has 146 valence electrons. The van der Waals surface area contributed by atoms with E-state index in [9.17, 15) is 9.50 Å². The van der Waals surface area contributed by atoms with Gasteiger partial charge in [0.25, 0.3) is 0 Å². The van der Waals surface area contributed by atoms with E-state index in [4.69, 9.17) is 4.74 Å². The topological polar surface area (TPSA) is 59.8 Å². The van der Waals surface area contributed by atoms with Crippen LogP contribution in [0.3, 0.4) is 0 Å². The third kappa shape index (κ3) is 6.39. The maximum absolute atomic E-state index is 12.0. The zero-order valence-corrected chi connectivity index (χ0v) is 17.4. The number of nitrogens with zero attached hydrogens (tertiary/aromatic N) is 3. The molecule has 1 N–H and O–H groups in total. The molecule has 3 rings (SSSR count). The molecule has 0 bridgehead atoms. The Bertz CT molecular complexity index is 688. The average molecular weight is 457 g/mol. The Morgan fingerprint density at radius 2 is 2.07 bits per heavy atom. The van der Waals surface area contributed by atoms with Gasteiger partial charge in [0.1, 0.15) is 0 Å². The number of halogens is 1. The number of aliphatic hydroxyl groups is 1. The maximum atomic E-state index is 12.0. The van der Waals surface area contributed by atoms with Crippen LogP contribution in [-0.4, -0.2) is 57.7 Å². The van der Waals surface area contributed by atoms with Gasteiger partial charge in [-0.2, -0.15) is 17.2 Å². The fraction of sp³-hybridized carbons (Fsp3) is 0.474. The van der Waals surface area contributed by atoms with Crippen LogP contribution in [0.25, 0.3) is 11.3 Å². The van der Waals surface area contributed by atoms with Gasteiger partial charge in [0.05, 0.1) is 24.9 Å². The van der Waals surface area contributed by atoms with Crippen LogP contribution in [0.15, 0.2) is 30.5 Å². The van der Waals surface area contributed by atoms with Crippen molar-refractivity contribution < 1.29 is 40.0 Å². The van der Waals surface area contributed by atoms with Gasteiger partial charge >= 0.3 is 21.1 Å². The number of aromatic nitrogens is 2. The number of morpholine rings is 1. The van der Waals surface area contributed by atoms with Crippen LogP contribution in [-0.2, 0) is 32.3 Å². The molecule has 1 aliphatic rings. The van der Waals surface area contributed by atoms with Crippen molar-refractivity contribution in [2.75, 3.05) is 19.6 Å². The van der Waals surface area contributed by atoms with Gasteiger partial charge in [0.15, 0.2) is 0 Å². The van der Waals surface area contributed by atoms with Gasteiger partial charge in [-0.15, -0.1) is 17.7 Å². The van der Waals surface area contributed by atoms with Crippen LogP contribution < -0.4 is 4.74 Å². The Kier molecular flexibility index (Phi) is 8.42. The number of rotatable bonds is 7. The molecular weight excluding hydrogens is 433 g/mol. The van der Waals surface area contributed by atoms with Crippen molar-refractivity contribution in [3.63, 3.8) is 0 Å². The largest absolute Gasteiger partial charge is 2.00 e. The summed E-state index contributed by atoms with van der Waals surface area (Å²) in [6.45, 7) is 6.88. The number of ether oxygens (including phenoxy) is 2. The quantitative estimate of drug-likeness (QED) is 0.511. The van der Waals surface area contributed by atoms with E-state index in [1.54, 1.807) is 22.9 Å². The van der Waals surface area contributed by atoms with Gasteiger partial charge in [-0.1, -0.05) is 0 Å². The van der Waals surface area contributed by atoms with E-state index in [1.165, 1.54) is 0 Å².